The van der Waals surface area contributed by atoms with Gasteiger partial charge >= 0.3 is 0 Å². The molecule has 5 nitrogen and oxygen atoms in total. The van der Waals surface area contributed by atoms with Gasteiger partial charge < -0.3 is 18.7 Å². The van der Waals surface area contributed by atoms with Crippen LogP contribution in [0.1, 0.15) is 12.5 Å². The van der Waals surface area contributed by atoms with E-state index in [9.17, 15) is 0 Å². The summed E-state index contributed by atoms with van der Waals surface area (Å²) in [6.07, 6.45) is 0.918. The summed E-state index contributed by atoms with van der Waals surface area (Å²) in [5.74, 6) is 1.95. The molecule has 0 aliphatic carbocycles. The molecule has 0 N–H and O–H groups in total. The van der Waals surface area contributed by atoms with Gasteiger partial charge in [-0.25, -0.2) is 0 Å². The van der Waals surface area contributed by atoms with Crippen LogP contribution in [-0.2, 0) is 11.2 Å². The van der Waals surface area contributed by atoms with Crippen LogP contribution in [-0.4, -0.2) is 25.2 Å². The van der Waals surface area contributed by atoms with E-state index in [0.717, 1.165) is 17.7 Å². The first kappa shape index (κ1) is 17.0. The molecule has 1 unspecified atom stereocenters. The molecule has 130 valence electrons. The van der Waals surface area contributed by atoms with E-state index < -0.39 is 0 Å². The molecule has 1 aromatic heterocycles. The largest absolute Gasteiger partial charge is 0.490 e. The first-order chi connectivity index (χ1) is 12.2. The Kier molecular flexibility index (Phi) is 5.69. The van der Waals surface area contributed by atoms with Crippen molar-refractivity contribution in [2.24, 2.45) is 0 Å². The van der Waals surface area contributed by atoms with E-state index in [-0.39, 0.29) is 12.9 Å². The first-order valence-electron chi connectivity index (χ1n) is 8.14. The summed E-state index contributed by atoms with van der Waals surface area (Å²) in [4.78, 5) is 0. The summed E-state index contributed by atoms with van der Waals surface area (Å²) in [7, 11) is 1.56. The third kappa shape index (κ3) is 4.84. The van der Waals surface area contributed by atoms with Gasteiger partial charge in [-0.15, -0.1) is 0 Å². The number of nitrogens with zero attached hydrogens (tertiary/aromatic N) is 1. The van der Waals surface area contributed by atoms with E-state index in [1.54, 1.807) is 13.2 Å². The van der Waals surface area contributed by atoms with Crippen LogP contribution in [0.3, 0.4) is 0 Å². The minimum absolute atomic E-state index is 0.0903. The van der Waals surface area contributed by atoms with Crippen molar-refractivity contribution in [3.8, 4) is 23.0 Å². The Morgan fingerprint density at radius 1 is 1.04 bits per heavy atom. The fraction of sp³-hybridized carbons (Fsp3) is 0.250. The van der Waals surface area contributed by atoms with Gasteiger partial charge in [0.2, 0.25) is 0 Å². The number of benzene rings is 2. The minimum Gasteiger partial charge on any atom is -0.490 e. The molecule has 0 saturated heterocycles. The van der Waals surface area contributed by atoms with Crippen LogP contribution in [0.4, 0.5) is 0 Å². The Labute approximate surface area is 147 Å². The lowest BCUT2D eigenvalue weighted by atomic mass is 10.1. The number of para-hydroxylation sites is 1. The average molecular weight is 339 g/mol. The molecule has 25 heavy (non-hydrogen) atoms. The third-order valence-electron chi connectivity index (χ3n) is 3.66. The lowest BCUT2D eigenvalue weighted by Crippen LogP contribution is -2.14. The second-order valence-corrected chi connectivity index (χ2v) is 5.72. The van der Waals surface area contributed by atoms with Crippen molar-refractivity contribution >= 4 is 0 Å². The lowest BCUT2D eigenvalue weighted by molar-refractivity contribution is 0.0453. The summed E-state index contributed by atoms with van der Waals surface area (Å²) in [6, 6.07) is 19.7. The van der Waals surface area contributed by atoms with E-state index in [1.807, 2.05) is 42.5 Å². The zero-order valence-electron chi connectivity index (χ0n) is 14.3. The highest BCUT2D eigenvalue weighted by molar-refractivity contribution is 5.58. The van der Waals surface area contributed by atoms with Crippen molar-refractivity contribution in [2.75, 3.05) is 13.9 Å². The fourth-order valence-electron chi connectivity index (χ4n) is 2.49. The van der Waals surface area contributed by atoms with Gasteiger partial charge in [-0.1, -0.05) is 42.5 Å². The molecule has 1 atom stereocenters. The van der Waals surface area contributed by atoms with Crippen molar-refractivity contribution < 1.29 is 18.7 Å². The van der Waals surface area contributed by atoms with Crippen molar-refractivity contribution in [3.05, 3.63) is 66.2 Å². The van der Waals surface area contributed by atoms with Gasteiger partial charge in [-0.2, -0.15) is 0 Å². The summed E-state index contributed by atoms with van der Waals surface area (Å²) >= 11 is 0. The molecule has 3 aromatic rings. The molecular formula is C20H21NO4. The Bertz CT molecular complexity index is 768. The number of ether oxygens (including phenoxy) is 3. The van der Waals surface area contributed by atoms with Gasteiger partial charge in [0.05, 0.1) is 6.10 Å². The molecule has 0 aliphatic heterocycles. The summed E-state index contributed by atoms with van der Waals surface area (Å²) in [6.45, 7) is 2.21. The lowest BCUT2D eigenvalue weighted by Gasteiger charge is -2.14. The van der Waals surface area contributed by atoms with E-state index in [4.69, 9.17) is 18.7 Å². The van der Waals surface area contributed by atoms with Gasteiger partial charge in [-0.3, -0.25) is 0 Å². The Balaban J connectivity index is 1.59. The molecule has 0 amide bonds. The number of hydrogen-bond acceptors (Lipinski definition) is 5. The Hall–Kier alpha value is -2.79. The normalized spacial score (nSPS) is 11.9. The molecule has 0 aliphatic rings. The third-order valence-corrected chi connectivity index (χ3v) is 3.66. The topological polar surface area (TPSA) is 53.7 Å². The van der Waals surface area contributed by atoms with Crippen LogP contribution in [0.25, 0.3) is 11.3 Å². The highest BCUT2D eigenvalue weighted by atomic mass is 16.7. The second-order valence-electron chi connectivity index (χ2n) is 5.72. The minimum atomic E-state index is 0.0903. The van der Waals surface area contributed by atoms with Gasteiger partial charge in [0.25, 0.3) is 5.88 Å². The van der Waals surface area contributed by atoms with Crippen LogP contribution < -0.4 is 9.47 Å². The zero-order valence-corrected chi connectivity index (χ0v) is 14.3. The molecular weight excluding hydrogens is 318 g/mol. The van der Waals surface area contributed by atoms with E-state index in [1.165, 1.54) is 5.56 Å². The first-order valence-corrected chi connectivity index (χ1v) is 8.14. The van der Waals surface area contributed by atoms with Gasteiger partial charge in [-0.05, 0) is 29.8 Å². The highest BCUT2D eigenvalue weighted by Gasteiger charge is 2.09. The standard InChI is InChI=1S/C20H21NO4/c1-15(24-18-6-4-3-5-7-18)12-16-8-10-17(11-9-16)19-13-20(21-25-19)23-14-22-2/h3-11,13,15H,12,14H2,1-2H3. The van der Waals surface area contributed by atoms with Crippen molar-refractivity contribution in [1.82, 2.24) is 5.16 Å². The quantitative estimate of drug-likeness (QED) is 0.572. The smallest absolute Gasteiger partial charge is 0.256 e. The summed E-state index contributed by atoms with van der Waals surface area (Å²) in [5, 5.41) is 3.85. The fourth-order valence-corrected chi connectivity index (χ4v) is 2.49. The molecule has 0 fully saturated rings. The molecule has 3 rings (SSSR count). The van der Waals surface area contributed by atoms with Crippen LogP contribution >= 0.6 is 0 Å². The zero-order chi connectivity index (χ0) is 17.5. The predicted molar refractivity (Wildman–Crippen MR) is 94.7 cm³/mol. The molecule has 0 saturated carbocycles. The second kappa shape index (κ2) is 8.35. The molecule has 5 heteroatoms. The predicted octanol–water partition coefficient (Wildman–Crippen LogP) is 4.33. The van der Waals surface area contributed by atoms with Gasteiger partial charge in [0, 0.05) is 25.2 Å². The van der Waals surface area contributed by atoms with Crippen molar-refractivity contribution in [1.29, 1.82) is 0 Å². The summed E-state index contributed by atoms with van der Waals surface area (Å²) < 4.78 is 21.3. The van der Waals surface area contributed by atoms with E-state index >= 15 is 0 Å². The average Bonchev–Trinajstić information content (AvgIpc) is 3.10. The van der Waals surface area contributed by atoms with Gasteiger partial charge in [0.1, 0.15) is 5.75 Å². The number of hydrogen-bond donors (Lipinski definition) is 0. The molecule has 2 aromatic carbocycles. The van der Waals surface area contributed by atoms with E-state index in [2.05, 4.69) is 24.2 Å². The van der Waals surface area contributed by atoms with Crippen LogP contribution in [0.5, 0.6) is 11.6 Å². The Morgan fingerprint density at radius 2 is 1.80 bits per heavy atom. The maximum atomic E-state index is 5.92. The SMILES string of the molecule is COCOc1cc(-c2ccc(CC(C)Oc3ccccc3)cc2)on1. The maximum Gasteiger partial charge on any atom is 0.256 e. The van der Waals surface area contributed by atoms with E-state index in [0.29, 0.717) is 11.6 Å². The highest BCUT2D eigenvalue weighted by Crippen LogP contribution is 2.24. The summed E-state index contributed by atoms with van der Waals surface area (Å²) in [5.41, 5.74) is 2.14. The van der Waals surface area contributed by atoms with Crippen LogP contribution in [0.2, 0.25) is 0 Å². The van der Waals surface area contributed by atoms with Crippen molar-refractivity contribution in [3.63, 3.8) is 0 Å². The van der Waals surface area contributed by atoms with Crippen molar-refractivity contribution in [2.45, 2.75) is 19.4 Å². The van der Waals surface area contributed by atoms with Crippen LogP contribution in [0, 0.1) is 0 Å². The number of rotatable bonds is 8. The monoisotopic (exact) mass is 339 g/mol. The maximum absolute atomic E-state index is 5.92. The Morgan fingerprint density at radius 3 is 2.52 bits per heavy atom. The number of methoxy groups -OCH3 is 1. The molecule has 1 heterocycles. The number of aromatic nitrogens is 1. The molecule has 0 bridgehead atoms. The molecule has 0 spiro atoms. The van der Waals surface area contributed by atoms with Crippen LogP contribution in [0.15, 0.2) is 65.2 Å². The van der Waals surface area contributed by atoms with Gasteiger partial charge in [0.15, 0.2) is 12.6 Å². The molecule has 0 radical (unpaired) electrons.